The third-order valence-corrected chi connectivity index (χ3v) is 5.02. The molecule has 3 nitrogen and oxygen atoms in total. The van der Waals surface area contributed by atoms with Crippen molar-refractivity contribution in [1.29, 1.82) is 0 Å². The SMILES string of the molecule is CCC(=O)N1Cc2ccccc2C2(Cc3ccc(Cl)cc3O2)C1. The van der Waals surface area contributed by atoms with Gasteiger partial charge in [0.15, 0.2) is 5.60 Å². The summed E-state index contributed by atoms with van der Waals surface area (Å²) in [6.45, 7) is 3.15. The normalized spacial score (nSPS) is 21.7. The van der Waals surface area contributed by atoms with Crippen LogP contribution in [0.4, 0.5) is 0 Å². The number of nitrogens with zero attached hydrogens (tertiary/aromatic N) is 1. The molecule has 0 saturated carbocycles. The van der Waals surface area contributed by atoms with Crippen LogP contribution in [0.1, 0.15) is 30.0 Å². The predicted octanol–water partition coefficient (Wildman–Crippen LogP) is 3.92. The summed E-state index contributed by atoms with van der Waals surface area (Å²) in [6, 6.07) is 14.1. The Labute approximate surface area is 140 Å². The molecule has 0 bridgehead atoms. The van der Waals surface area contributed by atoms with E-state index in [2.05, 4.69) is 12.1 Å². The van der Waals surface area contributed by atoms with Gasteiger partial charge in [0.25, 0.3) is 0 Å². The number of carbonyl (C=O) groups is 1. The van der Waals surface area contributed by atoms with E-state index < -0.39 is 5.60 Å². The molecule has 4 rings (SSSR count). The number of benzene rings is 2. The Morgan fingerprint density at radius 1 is 1.26 bits per heavy atom. The summed E-state index contributed by atoms with van der Waals surface area (Å²) in [6.07, 6.45) is 1.28. The second-order valence-corrected chi connectivity index (χ2v) is 6.72. The highest BCUT2D eigenvalue weighted by Crippen LogP contribution is 2.46. The number of hydrogen-bond donors (Lipinski definition) is 0. The van der Waals surface area contributed by atoms with Crippen LogP contribution in [0.3, 0.4) is 0 Å². The highest BCUT2D eigenvalue weighted by molar-refractivity contribution is 6.30. The van der Waals surface area contributed by atoms with Gasteiger partial charge in [-0.25, -0.2) is 0 Å². The van der Waals surface area contributed by atoms with Gasteiger partial charge in [-0.2, -0.15) is 0 Å². The van der Waals surface area contributed by atoms with Gasteiger partial charge < -0.3 is 9.64 Å². The topological polar surface area (TPSA) is 29.5 Å². The van der Waals surface area contributed by atoms with Gasteiger partial charge in [0.2, 0.25) is 5.91 Å². The van der Waals surface area contributed by atoms with Gasteiger partial charge in [-0.3, -0.25) is 4.79 Å². The standard InChI is InChI=1S/C19H18ClNO2/c1-2-18(22)21-11-14-5-3-4-6-16(14)19(12-21)10-13-7-8-15(20)9-17(13)23-19/h3-9H,2,10-12H2,1H3. The number of ether oxygens (including phenoxy) is 1. The Bertz CT molecular complexity index is 789. The molecule has 0 N–H and O–H groups in total. The van der Waals surface area contributed by atoms with Gasteiger partial charge in [-0.05, 0) is 23.3 Å². The van der Waals surface area contributed by atoms with Crippen molar-refractivity contribution in [3.8, 4) is 5.75 Å². The van der Waals surface area contributed by atoms with Crippen molar-refractivity contribution >= 4 is 17.5 Å². The van der Waals surface area contributed by atoms with E-state index in [1.165, 1.54) is 11.1 Å². The zero-order chi connectivity index (χ0) is 16.0. The van der Waals surface area contributed by atoms with Gasteiger partial charge in [0.05, 0.1) is 6.54 Å². The molecule has 0 aromatic heterocycles. The molecular formula is C19H18ClNO2. The molecule has 0 aliphatic carbocycles. The summed E-state index contributed by atoms with van der Waals surface area (Å²) in [7, 11) is 0. The van der Waals surface area contributed by atoms with Crippen molar-refractivity contribution in [1.82, 2.24) is 4.90 Å². The lowest BCUT2D eigenvalue weighted by atomic mass is 9.82. The summed E-state index contributed by atoms with van der Waals surface area (Å²) in [5, 5.41) is 0.673. The summed E-state index contributed by atoms with van der Waals surface area (Å²) < 4.78 is 6.39. The zero-order valence-electron chi connectivity index (χ0n) is 13.0. The van der Waals surface area contributed by atoms with Crippen molar-refractivity contribution in [2.24, 2.45) is 0 Å². The average molecular weight is 328 g/mol. The van der Waals surface area contributed by atoms with Gasteiger partial charge in [-0.15, -0.1) is 0 Å². The second kappa shape index (κ2) is 5.27. The number of fused-ring (bicyclic) bond motifs is 3. The number of rotatable bonds is 1. The van der Waals surface area contributed by atoms with Crippen LogP contribution in [-0.2, 0) is 23.4 Å². The van der Waals surface area contributed by atoms with E-state index in [0.717, 1.165) is 17.7 Å². The molecule has 1 amide bonds. The molecule has 118 valence electrons. The minimum absolute atomic E-state index is 0.163. The molecule has 2 heterocycles. The van der Waals surface area contributed by atoms with Crippen LogP contribution >= 0.6 is 11.6 Å². The van der Waals surface area contributed by atoms with Gasteiger partial charge in [0, 0.05) is 30.0 Å². The van der Waals surface area contributed by atoms with E-state index >= 15 is 0 Å². The van der Waals surface area contributed by atoms with E-state index in [9.17, 15) is 4.79 Å². The van der Waals surface area contributed by atoms with Crippen LogP contribution in [0.2, 0.25) is 5.02 Å². The fourth-order valence-corrected chi connectivity index (χ4v) is 3.88. The van der Waals surface area contributed by atoms with Crippen LogP contribution in [-0.4, -0.2) is 17.4 Å². The third kappa shape index (κ3) is 2.31. The molecule has 23 heavy (non-hydrogen) atoms. The average Bonchev–Trinajstić information content (AvgIpc) is 2.91. The van der Waals surface area contributed by atoms with Crippen molar-refractivity contribution in [2.45, 2.75) is 31.9 Å². The van der Waals surface area contributed by atoms with E-state index in [0.29, 0.717) is 24.5 Å². The fraction of sp³-hybridized carbons (Fsp3) is 0.316. The molecule has 1 spiro atoms. The maximum Gasteiger partial charge on any atom is 0.222 e. The highest BCUT2D eigenvalue weighted by Gasteiger charge is 2.47. The maximum atomic E-state index is 12.3. The van der Waals surface area contributed by atoms with E-state index in [4.69, 9.17) is 16.3 Å². The first-order valence-corrected chi connectivity index (χ1v) is 8.33. The fourth-order valence-electron chi connectivity index (χ4n) is 3.72. The molecular weight excluding hydrogens is 310 g/mol. The minimum Gasteiger partial charge on any atom is -0.480 e. The Hall–Kier alpha value is -2.00. The Morgan fingerprint density at radius 3 is 2.91 bits per heavy atom. The monoisotopic (exact) mass is 327 g/mol. The summed E-state index contributed by atoms with van der Waals surface area (Å²) in [5.41, 5.74) is 3.01. The van der Waals surface area contributed by atoms with E-state index in [1.54, 1.807) is 0 Å². The molecule has 0 saturated heterocycles. The maximum absolute atomic E-state index is 12.3. The molecule has 2 aromatic rings. The van der Waals surface area contributed by atoms with Gasteiger partial charge in [0.1, 0.15) is 5.75 Å². The third-order valence-electron chi connectivity index (χ3n) is 4.78. The van der Waals surface area contributed by atoms with Gasteiger partial charge >= 0.3 is 0 Å². The van der Waals surface area contributed by atoms with Crippen LogP contribution in [0.15, 0.2) is 42.5 Å². The van der Waals surface area contributed by atoms with Crippen LogP contribution in [0.25, 0.3) is 0 Å². The lowest BCUT2D eigenvalue weighted by molar-refractivity contribution is -0.135. The predicted molar refractivity (Wildman–Crippen MR) is 89.6 cm³/mol. The number of hydrogen-bond acceptors (Lipinski definition) is 2. The molecule has 2 aliphatic heterocycles. The minimum atomic E-state index is -0.493. The van der Waals surface area contributed by atoms with Crippen LogP contribution < -0.4 is 4.74 Å². The molecule has 0 fully saturated rings. The van der Waals surface area contributed by atoms with Gasteiger partial charge in [-0.1, -0.05) is 48.9 Å². The first-order chi connectivity index (χ1) is 11.1. The van der Waals surface area contributed by atoms with Crippen molar-refractivity contribution < 1.29 is 9.53 Å². The number of carbonyl (C=O) groups excluding carboxylic acids is 1. The quantitative estimate of drug-likeness (QED) is 0.794. The smallest absolute Gasteiger partial charge is 0.222 e. The number of amides is 1. The van der Waals surface area contributed by atoms with Crippen LogP contribution in [0, 0.1) is 0 Å². The first-order valence-electron chi connectivity index (χ1n) is 7.95. The second-order valence-electron chi connectivity index (χ2n) is 6.29. The molecule has 0 radical (unpaired) electrons. The van der Waals surface area contributed by atoms with Crippen molar-refractivity contribution in [3.05, 3.63) is 64.2 Å². The summed E-state index contributed by atoms with van der Waals surface area (Å²) >= 11 is 6.11. The molecule has 1 unspecified atom stereocenters. The molecule has 4 heteroatoms. The number of halogens is 1. The Balaban J connectivity index is 1.80. The zero-order valence-corrected chi connectivity index (χ0v) is 13.8. The van der Waals surface area contributed by atoms with Crippen LogP contribution in [0.5, 0.6) is 5.75 Å². The first kappa shape index (κ1) is 14.6. The van der Waals surface area contributed by atoms with Crippen molar-refractivity contribution in [3.63, 3.8) is 0 Å². The highest BCUT2D eigenvalue weighted by atomic mass is 35.5. The summed E-state index contributed by atoms with van der Waals surface area (Å²) in [5.74, 6) is 0.995. The van der Waals surface area contributed by atoms with E-state index in [-0.39, 0.29) is 5.91 Å². The molecule has 1 atom stereocenters. The Morgan fingerprint density at radius 2 is 2.09 bits per heavy atom. The lowest BCUT2D eigenvalue weighted by Crippen LogP contribution is -2.50. The molecule has 2 aliphatic rings. The van der Waals surface area contributed by atoms with Crippen molar-refractivity contribution in [2.75, 3.05) is 6.54 Å². The molecule has 2 aromatic carbocycles. The largest absolute Gasteiger partial charge is 0.480 e. The Kier molecular flexibility index (Phi) is 3.34. The van der Waals surface area contributed by atoms with E-state index in [1.807, 2.05) is 42.2 Å². The summed E-state index contributed by atoms with van der Waals surface area (Å²) in [4.78, 5) is 14.2. The lowest BCUT2D eigenvalue weighted by Gasteiger charge is -2.41.